The predicted molar refractivity (Wildman–Crippen MR) is 154 cm³/mol. The SMILES string of the molecule is COc1ccc(CC(=O)Nc2ccc(C3CCN(C(=O)c4ccc(NC(=O)C(C)(C)C)cc4)CC3)cc2)cc1F. The molecule has 210 valence electrons. The van der Waals surface area contributed by atoms with Gasteiger partial charge in [0.05, 0.1) is 13.5 Å². The molecule has 0 saturated carbocycles. The zero-order valence-electron chi connectivity index (χ0n) is 23.4. The van der Waals surface area contributed by atoms with E-state index in [4.69, 9.17) is 4.74 Å². The highest BCUT2D eigenvalue weighted by atomic mass is 19.1. The minimum atomic E-state index is -0.496. The third-order valence-electron chi connectivity index (χ3n) is 7.10. The molecule has 3 aromatic rings. The molecule has 8 heteroatoms. The van der Waals surface area contributed by atoms with Crippen LogP contribution in [0.4, 0.5) is 15.8 Å². The zero-order valence-corrected chi connectivity index (χ0v) is 23.4. The lowest BCUT2D eigenvalue weighted by Crippen LogP contribution is -2.37. The van der Waals surface area contributed by atoms with Gasteiger partial charge in [-0.15, -0.1) is 0 Å². The fourth-order valence-corrected chi connectivity index (χ4v) is 4.66. The summed E-state index contributed by atoms with van der Waals surface area (Å²) in [6.07, 6.45) is 1.75. The average Bonchev–Trinajstić information content (AvgIpc) is 2.93. The number of piperidine rings is 1. The molecule has 0 aromatic heterocycles. The second-order valence-corrected chi connectivity index (χ2v) is 11.2. The molecule has 4 rings (SSSR count). The molecule has 0 unspecified atom stereocenters. The van der Waals surface area contributed by atoms with Crippen LogP contribution >= 0.6 is 0 Å². The lowest BCUT2D eigenvalue weighted by Gasteiger charge is -2.32. The number of nitrogens with zero attached hydrogens (tertiary/aromatic N) is 1. The monoisotopic (exact) mass is 545 g/mol. The van der Waals surface area contributed by atoms with Crippen LogP contribution in [0.2, 0.25) is 0 Å². The first-order chi connectivity index (χ1) is 19.0. The van der Waals surface area contributed by atoms with E-state index in [1.807, 2.05) is 49.9 Å². The van der Waals surface area contributed by atoms with Gasteiger partial charge < -0.3 is 20.3 Å². The fraction of sp³-hybridized carbons (Fsp3) is 0.344. The third-order valence-corrected chi connectivity index (χ3v) is 7.10. The van der Waals surface area contributed by atoms with Crippen LogP contribution in [0.5, 0.6) is 5.75 Å². The molecule has 1 fully saturated rings. The number of halogens is 1. The van der Waals surface area contributed by atoms with E-state index in [0.717, 1.165) is 12.8 Å². The maximum Gasteiger partial charge on any atom is 0.253 e. The van der Waals surface area contributed by atoms with Gasteiger partial charge in [0.15, 0.2) is 11.6 Å². The number of amides is 3. The fourth-order valence-electron chi connectivity index (χ4n) is 4.66. The van der Waals surface area contributed by atoms with E-state index in [-0.39, 0.29) is 29.9 Å². The van der Waals surface area contributed by atoms with Crippen LogP contribution in [0, 0.1) is 11.2 Å². The predicted octanol–water partition coefficient (Wildman–Crippen LogP) is 6.02. The van der Waals surface area contributed by atoms with Crippen molar-refractivity contribution in [3.63, 3.8) is 0 Å². The summed E-state index contributed by atoms with van der Waals surface area (Å²) in [7, 11) is 1.40. The second-order valence-electron chi connectivity index (χ2n) is 11.2. The Morgan fingerprint density at radius 2 is 1.50 bits per heavy atom. The molecular weight excluding hydrogens is 509 g/mol. The maximum atomic E-state index is 13.9. The smallest absolute Gasteiger partial charge is 0.253 e. The van der Waals surface area contributed by atoms with Crippen LogP contribution in [-0.2, 0) is 16.0 Å². The molecule has 3 amide bonds. The lowest BCUT2D eigenvalue weighted by molar-refractivity contribution is -0.123. The number of nitrogens with one attached hydrogen (secondary N) is 2. The summed E-state index contributed by atoms with van der Waals surface area (Å²) < 4.78 is 18.8. The molecule has 0 atom stereocenters. The average molecular weight is 546 g/mol. The zero-order chi connectivity index (χ0) is 28.9. The number of ether oxygens (including phenoxy) is 1. The molecule has 3 aromatic carbocycles. The van der Waals surface area contributed by atoms with E-state index < -0.39 is 11.2 Å². The first kappa shape index (κ1) is 28.8. The second kappa shape index (κ2) is 12.3. The Labute approximate surface area is 234 Å². The number of rotatable bonds is 7. The highest BCUT2D eigenvalue weighted by Crippen LogP contribution is 2.30. The summed E-state index contributed by atoms with van der Waals surface area (Å²) in [6.45, 7) is 6.87. The van der Waals surface area contributed by atoms with Crippen molar-refractivity contribution < 1.29 is 23.5 Å². The lowest BCUT2D eigenvalue weighted by atomic mass is 9.89. The Kier molecular flexibility index (Phi) is 8.87. The van der Waals surface area contributed by atoms with Crippen molar-refractivity contribution in [1.29, 1.82) is 0 Å². The van der Waals surface area contributed by atoms with Crippen LogP contribution in [0.1, 0.15) is 61.0 Å². The summed E-state index contributed by atoms with van der Waals surface area (Å²) in [5, 5.41) is 5.74. The maximum absolute atomic E-state index is 13.9. The quantitative estimate of drug-likeness (QED) is 0.380. The van der Waals surface area contributed by atoms with E-state index in [2.05, 4.69) is 10.6 Å². The molecule has 0 radical (unpaired) electrons. The van der Waals surface area contributed by atoms with E-state index in [9.17, 15) is 18.8 Å². The highest BCUT2D eigenvalue weighted by molar-refractivity contribution is 5.97. The van der Waals surface area contributed by atoms with E-state index >= 15 is 0 Å². The normalized spacial score (nSPS) is 14.0. The van der Waals surface area contributed by atoms with Crippen LogP contribution in [0.15, 0.2) is 66.7 Å². The van der Waals surface area contributed by atoms with Crippen molar-refractivity contribution in [2.75, 3.05) is 30.8 Å². The number of carbonyl (C=O) groups is 3. The third kappa shape index (κ3) is 7.25. The molecule has 1 saturated heterocycles. The number of benzene rings is 3. The van der Waals surface area contributed by atoms with Crippen molar-refractivity contribution in [3.8, 4) is 5.75 Å². The molecule has 1 aliphatic heterocycles. The summed E-state index contributed by atoms with van der Waals surface area (Å²) in [5.74, 6) is -0.340. The first-order valence-corrected chi connectivity index (χ1v) is 13.5. The minimum absolute atomic E-state index is 0.0121. The van der Waals surface area contributed by atoms with Crippen molar-refractivity contribution in [2.45, 2.75) is 46.0 Å². The van der Waals surface area contributed by atoms with Crippen LogP contribution < -0.4 is 15.4 Å². The molecular formula is C32H36FN3O4. The summed E-state index contributed by atoms with van der Waals surface area (Å²) in [5.41, 5.74) is 3.19. The molecule has 0 spiro atoms. The standard InChI is InChI=1S/C32H36FN3O4/c1-32(2,3)31(39)35-26-12-8-24(9-13-26)30(38)36-17-15-23(16-18-36)22-6-10-25(11-7-22)34-29(37)20-21-5-14-28(40-4)27(33)19-21/h5-14,19,23H,15-18,20H2,1-4H3,(H,34,37)(H,35,39). The Bertz CT molecular complexity index is 1360. The molecule has 7 nitrogen and oxygen atoms in total. The molecule has 1 aliphatic rings. The van der Waals surface area contributed by atoms with Gasteiger partial charge in [0.25, 0.3) is 5.91 Å². The summed E-state index contributed by atoms with van der Waals surface area (Å²) in [4.78, 5) is 39.5. The van der Waals surface area contributed by atoms with Gasteiger partial charge in [-0.25, -0.2) is 4.39 Å². The van der Waals surface area contributed by atoms with Gasteiger partial charge in [-0.05, 0) is 78.4 Å². The van der Waals surface area contributed by atoms with Gasteiger partial charge in [-0.1, -0.05) is 39.0 Å². The number of anilines is 2. The molecule has 2 N–H and O–H groups in total. The van der Waals surface area contributed by atoms with Crippen LogP contribution in [-0.4, -0.2) is 42.8 Å². The van der Waals surface area contributed by atoms with Crippen molar-refractivity contribution in [2.24, 2.45) is 5.41 Å². The van der Waals surface area contributed by atoms with E-state index in [0.29, 0.717) is 41.5 Å². The van der Waals surface area contributed by atoms with E-state index in [1.54, 1.807) is 30.3 Å². The number of hydrogen-bond donors (Lipinski definition) is 2. The van der Waals surface area contributed by atoms with Gasteiger partial charge in [-0.2, -0.15) is 0 Å². The van der Waals surface area contributed by atoms with Crippen LogP contribution in [0.3, 0.4) is 0 Å². The van der Waals surface area contributed by atoms with Crippen molar-refractivity contribution in [1.82, 2.24) is 4.90 Å². The molecule has 1 heterocycles. The topological polar surface area (TPSA) is 87.7 Å². The van der Waals surface area contributed by atoms with Crippen LogP contribution in [0.25, 0.3) is 0 Å². The number of hydrogen-bond acceptors (Lipinski definition) is 4. The van der Waals surface area contributed by atoms with Crippen molar-refractivity contribution in [3.05, 3.63) is 89.2 Å². The van der Waals surface area contributed by atoms with Gasteiger partial charge in [0, 0.05) is 35.4 Å². The van der Waals surface area contributed by atoms with Gasteiger partial charge in [-0.3, -0.25) is 14.4 Å². The summed E-state index contributed by atoms with van der Waals surface area (Å²) >= 11 is 0. The Morgan fingerprint density at radius 1 is 0.900 bits per heavy atom. The minimum Gasteiger partial charge on any atom is -0.494 e. The number of likely N-dealkylation sites (tertiary alicyclic amines) is 1. The van der Waals surface area contributed by atoms with Gasteiger partial charge >= 0.3 is 0 Å². The van der Waals surface area contributed by atoms with Gasteiger partial charge in [0.1, 0.15) is 0 Å². The highest BCUT2D eigenvalue weighted by Gasteiger charge is 2.25. The molecule has 0 aliphatic carbocycles. The Hall–Kier alpha value is -4.20. The number of carbonyl (C=O) groups excluding carboxylic acids is 3. The van der Waals surface area contributed by atoms with Crippen molar-refractivity contribution >= 4 is 29.1 Å². The molecule has 40 heavy (non-hydrogen) atoms. The summed E-state index contributed by atoms with van der Waals surface area (Å²) in [6, 6.07) is 19.3. The Balaban J connectivity index is 1.26. The number of methoxy groups -OCH3 is 1. The van der Waals surface area contributed by atoms with E-state index in [1.165, 1.54) is 24.8 Å². The molecule has 0 bridgehead atoms. The largest absolute Gasteiger partial charge is 0.494 e. The Morgan fingerprint density at radius 3 is 2.08 bits per heavy atom. The van der Waals surface area contributed by atoms with Gasteiger partial charge in [0.2, 0.25) is 11.8 Å². The first-order valence-electron chi connectivity index (χ1n) is 13.5.